The molecule has 0 atom stereocenters. The van der Waals surface area contributed by atoms with E-state index in [1.807, 2.05) is 0 Å². The summed E-state index contributed by atoms with van der Waals surface area (Å²) in [5.74, 6) is 0. The van der Waals surface area contributed by atoms with Gasteiger partial charge in [0, 0.05) is 26.3 Å². The van der Waals surface area contributed by atoms with E-state index in [4.69, 9.17) is 8.85 Å². The molecule has 1 spiro atoms. The molecule has 76 valence electrons. The summed E-state index contributed by atoms with van der Waals surface area (Å²) >= 11 is 0. The Morgan fingerprint density at radius 2 is 1.54 bits per heavy atom. The van der Waals surface area contributed by atoms with E-state index in [1.54, 1.807) is 0 Å². The molecule has 2 aliphatic rings. The highest BCUT2D eigenvalue weighted by molar-refractivity contribution is 6.68. The zero-order valence-corrected chi connectivity index (χ0v) is 9.42. The Bertz CT molecular complexity index is 159. The van der Waals surface area contributed by atoms with Gasteiger partial charge in [-0.05, 0) is 19.1 Å². The lowest BCUT2D eigenvalue weighted by molar-refractivity contribution is 0.109. The van der Waals surface area contributed by atoms with Crippen LogP contribution in [0.4, 0.5) is 0 Å². The molecule has 2 aliphatic heterocycles. The summed E-state index contributed by atoms with van der Waals surface area (Å²) in [7, 11) is 0.468. The highest BCUT2D eigenvalue weighted by Gasteiger charge is 2.41. The van der Waals surface area contributed by atoms with Crippen LogP contribution in [-0.4, -0.2) is 46.8 Å². The third-order valence-corrected chi connectivity index (χ3v) is 6.73. The van der Waals surface area contributed by atoms with Crippen LogP contribution >= 0.6 is 0 Å². The maximum atomic E-state index is 5.98. The first kappa shape index (κ1) is 9.64. The second kappa shape index (κ2) is 4.08. The minimum atomic E-state index is -1.66. The molecule has 0 bridgehead atoms. The fourth-order valence-electron chi connectivity index (χ4n) is 2.13. The second-order valence-electron chi connectivity index (χ2n) is 4.12. The first-order valence-electron chi connectivity index (χ1n) is 5.27. The molecule has 0 amide bonds. The third-order valence-electron chi connectivity index (χ3n) is 3.04. The first-order valence-corrected chi connectivity index (χ1v) is 7.50. The predicted octanol–water partition coefficient (Wildman–Crippen LogP) is 1.20. The van der Waals surface area contributed by atoms with Crippen LogP contribution < -0.4 is 0 Å². The molecule has 2 rings (SSSR count). The van der Waals surface area contributed by atoms with Crippen LogP contribution in [0.1, 0.15) is 12.8 Å². The summed E-state index contributed by atoms with van der Waals surface area (Å²) < 4.78 is 12.0. The maximum Gasteiger partial charge on any atom is 0.338 e. The van der Waals surface area contributed by atoms with Crippen LogP contribution in [0.25, 0.3) is 0 Å². The minimum Gasteiger partial charge on any atom is -0.393 e. The van der Waals surface area contributed by atoms with Gasteiger partial charge >= 0.3 is 8.56 Å². The van der Waals surface area contributed by atoms with E-state index in [1.165, 1.54) is 24.9 Å². The van der Waals surface area contributed by atoms with Crippen LogP contribution in [0, 0.1) is 0 Å². The van der Waals surface area contributed by atoms with Gasteiger partial charge in [0.05, 0.1) is 0 Å². The molecule has 0 saturated carbocycles. The molecule has 0 aromatic heterocycles. The molecule has 0 radical (unpaired) electrons. The van der Waals surface area contributed by atoms with Gasteiger partial charge in [-0.1, -0.05) is 12.8 Å². The molecule has 4 heteroatoms. The lowest BCUT2D eigenvalue weighted by atomic mass is 10.4. The average Bonchev–Trinajstić information content (AvgIpc) is 2.51. The molecule has 3 nitrogen and oxygen atoms in total. The summed E-state index contributed by atoms with van der Waals surface area (Å²) in [6.07, 6.45) is 2.64. The van der Waals surface area contributed by atoms with Crippen LogP contribution in [-0.2, 0) is 8.85 Å². The summed E-state index contributed by atoms with van der Waals surface area (Å²) in [6.45, 7) is 3.89. The van der Waals surface area contributed by atoms with Crippen molar-refractivity contribution < 1.29 is 8.85 Å². The van der Waals surface area contributed by atoms with Gasteiger partial charge in [-0.2, -0.15) is 0 Å². The predicted molar refractivity (Wildman–Crippen MR) is 54.0 cm³/mol. The van der Waals surface area contributed by atoms with Gasteiger partial charge in [0.2, 0.25) is 0 Å². The molecule has 0 unspecified atom stereocenters. The molecular weight excluding hydrogens is 182 g/mol. The molecule has 2 fully saturated rings. The topological polar surface area (TPSA) is 21.7 Å². The van der Waals surface area contributed by atoms with Gasteiger partial charge < -0.3 is 13.8 Å². The van der Waals surface area contributed by atoms with E-state index in [-0.39, 0.29) is 0 Å². The molecule has 0 aromatic rings. The van der Waals surface area contributed by atoms with Crippen molar-refractivity contribution >= 4 is 8.56 Å². The van der Waals surface area contributed by atoms with Crippen molar-refractivity contribution in [2.24, 2.45) is 0 Å². The van der Waals surface area contributed by atoms with E-state index in [2.05, 4.69) is 11.9 Å². The lowest BCUT2D eigenvalue weighted by Crippen LogP contribution is -2.45. The van der Waals surface area contributed by atoms with Crippen LogP contribution in [0.3, 0.4) is 0 Å². The van der Waals surface area contributed by atoms with Gasteiger partial charge in [-0.3, -0.25) is 0 Å². The first-order chi connectivity index (χ1) is 6.31. The standard InChI is InChI=1S/C9H19NO2Si/c1-10-4-6-11-13(12-7-5-10)8-2-3-9-13/h2-9H2,1H3. The highest BCUT2D eigenvalue weighted by Crippen LogP contribution is 2.32. The lowest BCUT2D eigenvalue weighted by Gasteiger charge is -2.31. The molecule has 2 saturated heterocycles. The summed E-state index contributed by atoms with van der Waals surface area (Å²) in [6, 6.07) is 2.47. The fourth-order valence-corrected chi connectivity index (χ4v) is 5.55. The second-order valence-corrected chi connectivity index (χ2v) is 7.52. The van der Waals surface area contributed by atoms with Crippen LogP contribution in [0.15, 0.2) is 0 Å². The number of hydrogen-bond donors (Lipinski definition) is 0. The quantitative estimate of drug-likeness (QED) is 0.550. The van der Waals surface area contributed by atoms with Crippen molar-refractivity contribution in [1.29, 1.82) is 0 Å². The van der Waals surface area contributed by atoms with Crippen molar-refractivity contribution in [2.45, 2.75) is 24.9 Å². The van der Waals surface area contributed by atoms with E-state index >= 15 is 0 Å². The summed E-state index contributed by atoms with van der Waals surface area (Å²) in [5.41, 5.74) is 0. The highest BCUT2D eigenvalue weighted by atomic mass is 28.4. The van der Waals surface area contributed by atoms with E-state index < -0.39 is 8.56 Å². The Balaban J connectivity index is 1.90. The Labute approximate surface area is 81.3 Å². The molecule has 2 heterocycles. The van der Waals surface area contributed by atoms with Gasteiger partial charge in [-0.25, -0.2) is 0 Å². The van der Waals surface area contributed by atoms with Crippen LogP contribution in [0.5, 0.6) is 0 Å². The van der Waals surface area contributed by atoms with Gasteiger partial charge in [0.25, 0.3) is 0 Å². The Morgan fingerprint density at radius 1 is 1.00 bits per heavy atom. The molecule has 0 N–H and O–H groups in total. The Hall–Kier alpha value is 0.0969. The molecule has 0 aromatic carbocycles. The van der Waals surface area contributed by atoms with Crippen LogP contribution in [0.2, 0.25) is 12.1 Å². The van der Waals surface area contributed by atoms with Crippen molar-refractivity contribution in [2.75, 3.05) is 33.4 Å². The van der Waals surface area contributed by atoms with Gasteiger partial charge in [0.15, 0.2) is 0 Å². The number of nitrogens with zero attached hydrogens (tertiary/aromatic N) is 1. The summed E-state index contributed by atoms with van der Waals surface area (Å²) in [4.78, 5) is 2.27. The zero-order valence-electron chi connectivity index (χ0n) is 8.42. The molecule has 0 aliphatic carbocycles. The average molecular weight is 201 g/mol. The van der Waals surface area contributed by atoms with E-state index in [0.29, 0.717) is 0 Å². The summed E-state index contributed by atoms with van der Waals surface area (Å²) in [5, 5.41) is 0. The maximum absolute atomic E-state index is 5.98. The SMILES string of the molecule is CN1CCO[Si]2(CCCC2)OCC1. The normalized spacial score (nSPS) is 30.2. The van der Waals surface area contributed by atoms with Gasteiger partial charge in [-0.15, -0.1) is 0 Å². The molecule has 13 heavy (non-hydrogen) atoms. The monoisotopic (exact) mass is 201 g/mol. The molecular formula is C9H19NO2Si. The Kier molecular flexibility index (Phi) is 3.03. The van der Waals surface area contributed by atoms with E-state index in [0.717, 1.165) is 26.3 Å². The van der Waals surface area contributed by atoms with E-state index in [9.17, 15) is 0 Å². The Morgan fingerprint density at radius 3 is 2.08 bits per heavy atom. The zero-order chi connectivity index (χ0) is 9.15. The number of hydrogen-bond acceptors (Lipinski definition) is 3. The minimum absolute atomic E-state index is 0.878. The third kappa shape index (κ3) is 2.31. The van der Waals surface area contributed by atoms with Gasteiger partial charge in [0.1, 0.15) is 0 Å². The fraction of sp³-hybridized carbons (Fsp3) is 1.00. The number of rotatable bonds is 0. The van der Waals surface area contributed by atoms with Crippen molar-refractivity contribution in [3.63, 3.8) is 0 Å². The van der Waals surface area contributed by atoms with Crippen molar-refractivity contribution in [3.05, 3.63) is 0 Å². The van der Waals surface area contributed by atoms with Crippen molar-refractivity contribution in [1.82, 2.24) is 4.90 Å². The largest absolute Gasteiger partial charge is 0.393 e. The number of likely N-dealkylation sites (N-methyl/N-ethyl adjacent to an activating group) is 1. The van der Waals surface area contributed by atoms with Crippen molar-refractivity contribution in [3.8, 4) is 0 Å². The smallest absolute Gasteiger partial charge is 0.338 e.